The Kier molecular flexibility index (Phi) is 3.07. The summed E-state index contributed by atoms with van der Waals surface area (Å²) in [5.74, 6) is 0. The van der Waals surface area contributed by atoms with Crippen molar-refractivity contribution in [2.24, 2.45) is 0 Å². The molecule has 0 bridgehead atoms. The quantitative estimate of drug-likeness (QED) is 0.895. The number of nitrogens with zero attached hydrogens (tertiary/aromatic N) is 2. The van der Waals surface area contributed by atoms with Crippen molar-refractivity contribution in [3.8, 4) is 0 Å². The minimum Gasteiger partial charge on any atom is -0.388 e. The van der Waals surface area contributed by atoms with Gasteiger partial charge in [-0.05, 0) is 36.0 Å². The molecule has 1 heterocycles. The van der Waals surface area contributed by atoms with Gasteiger partial charge in [0.1, 0.15) is 6.33 Å². The fourth-order valence-corrected chi connectivity index (χ4v) is 2.58. The van der Waals surface area contributed by atoms with Crippen LogP contribution in [0.25, 0.3) is 0 Å². The first-order chi connectivity index (χ1) is 8.83. The molecule has 2 aromatic rings. The minimum absolute atomic E-state index is 0.523. The average Bonchev–Trinajstić information content (AvgIpc) is 2.87. The molecule has 1 aromatic heterocycles. The molecule has 3 heteroatoms. The average molecular weight is 240 g/mol. The van der Waals surface area contributed by atoms with Gasteiger partial charge in [0.2, 0.25) is 0 Å². The van der Waals surface area contributed by atoms with E-state index < -0.39 is 6.10 Å². The van der Waals surface area contributed by atoms with Crippen LogP contribution in [0.3, 0.4) is 0 Å². The molecule has 18 heavy (non-hydrogen) atoms. The molecule has 92 valence electrons. The van der Waals surface area contributed by atoms with E-state index in [-0.39, 0.29) is 0 Å². The Morgan fingerprint density at radius 1 is 1.11 bits per heavy atom. The van der Waals surface area contributed by atoms with Crippen LogP contribution in [0.1, 0.15) is 34.8 Å². The lowest BCUT2D eigenvalue weighted by Gasteiger charge is -2.11. The second-order valence-electron chi connectivity index (χ2n) is 4.85. The summed E-state index contributed by atoms with van der Waals surface area (Å²) in [5, 5.41) is 10.1. The summed E-state index contributed by atoms with van der Waals surface area (Å²) < 4.78 is 0. The first-order valence-corrected chi connectivity index (χ1v) is 6.36. The summed E-state index contributed by atoms with van der Waals surface area (Å²) in [4.78, 5) is 7.87. The number of aryl methyl sites for hydroxylation is 2. The van der Waals surface area contributed by atoms with Gasteiger partial charge in [0.25, 0.3) is 0 Å². The number of hydrogen-bond donors (Lipinski definition) is 1. The molecule has 1 aliphatic carbocycles. The SMILES string of the molecule is OC(Cc1ccc2c(c1)CCC2)c1cncnc1. The van der Waals surface area contributed by atoms with E-state index in [1.54, 1.807) is 12.4 Å². The highest BCUT2D eigenvalue weighted by molar-refractivity contribution is 5.35. The second-order valence-corrected chi connectivity index (χ2v) is 4.85. The van der Waals surface area contributed by atoms with Crippen molar-refractivity contribution < 1.29 is 5.11 Å². The lowest BCUT2D eigenvalue weighted by atomic mass is 10.00. The maximum Gasteiger partial charge on any atom is 0.115 e. The van der Waals surface area contributed by atoms with E-state index in [0.29, 0.717) is 6.42 Å². The predicted molar refractivity (Wildman–Crippen MR) is 69.2 cm³/mol. The molecule has 0 saturated heterocycles. The first-order valence-electron chi connectivity index (χ1n) is 6.36. The second kappa shape index (κ2) is 4.86. The highest BCUT2D eigenvalue weighted by Gasteiger charge is 2.13. The van der Waals surface area contributed by atoms with Gasteiger partial charge in [0.15, 0.2) is 0 Å². The molecule has 0 fully saturated rings. The Labute approximate surface area is 107 Å². The Bertz CT molecular complexity index is 539. The summed E-state index contributed by atoms with van der Waals surface area (Å²) >= 11 is 0. The van der Waals surface area contributed by atoms with Gasteiger partial charge in [-0.25, -0.2) is 9.97 Å². The summed E-state index contributed by atoms with van der Waals surface area (Å²) in [6.07, 6.45) is 8.56. The summed E-state index contributed by atoms with van der Waals surface area (Å²) in [6, 6.07) is 6.55. The molecular formula is C15H16N2O. The molecule has 3 nitrogen and oxygen atoms in total. The van der Waals surface area contributed by atoms with Crippen LogP contribution < -0.4 is 0 Å². The number of aromatic nitrogens is 2. The maximum absolute atomic E-state index is 10.1. The highest BCUT2D eigenvalue weighted by atomic mass is 16.3. The molecule has 0 radical (unpaired) electrons. The zero-order valence-corrected chi connectivity index (χ0v) is 10.2. The van der Waals surface area contributed by atoms with Gasteiger partial charge in [-0.15, -0.1) is 0 Å². The number of benzene rings is 1. The van der Waals surface area contributed by atoms with Gasteiger partial charge in [0.05, 0.1) is 6.10 Å². The van der Waals surface area contributed by atoms with E-state index >= 15 is 0 Å². The van der Waals surface area contributed by atoms with Crippen molar-refractivity contribution in [3.63, 3.8) is 0 Å². The van der Waals surface area contributed by atoms with Gasteiger partial charge in [-0.2, -0.15) is 0 Å². The molecule has 1 atom stereocenters. The normalized spacial score (nSPS) is 15.4. The number of aliphatic hydroxyl groups is 1. The zero-order chi connectivity index (χ0) is 12.4. The van der Waals surface area contributed by atoms with Crippen molar-refractivity contribution >= 4 is 0 Å². The Morgan fingerprint density at radius 3 is 2.72 bits per heavy atom. The van der Waals surface area contributed by atoms with E-state index in [2.05, 4.69) is 28.2 Å². The highest BCUT2D eigenvalue weighted by Crippen LogP contribution is 2.25. The van der Waals surface area contributed by atoms with Crippen molar-refractivity contribution in [3.05, 3.63) is 59.2 Å². The van der Waals surface area contributed by atoms with Crippen LogP contribution in [0.15, 0.2) is 36.9 Å². The third kappa shape index (κ3) is 2.27. The smallest absolute Gasteiger partial charge is 0.115 e. The van der Waals surface area contributed by atoms with Crippen LogP contribution in [0.4, 0.5) is 0 Å². The molecule has 1 unspecified atom stereocenters. The van der Waals surface area contributed by atoms with Crippen LogP contribution in [0, 0.1) is 0 Å². The number of fused-ring (bicyclic) bond motifs is 1. The molecule has 1 N–H and O–H groups in total. The van der Waals surface area contributed by atoms with Crippen LogP contribution in [-0.2, 0) is 19.3 Å². The summed E-state index contributed by atoms with van der Waals surface area (Å²) in [6.45, 7) is 0. The van der Waals surface area contributed by atoms with Crippen molar-refractivity contribution in [2.45, 2.75) is 31.8 Å². The molecule has 1 aliphatic rings. The van der Waals surface area contributed by atoms with Crippen LogP contribution in [0.5, 0.6) is 0 Å². The standard InChI is InChI=1S/C15H16N2O/c18-15(14-8-16-10-17-9-14)7-11-4-5-12-2-1-3-13(12)6-11/h4-6,8-10,15,18H,1-3,7H2. The molecule has 1 aromatic carbocycles. The maximum atomic E-state index is 10.1. The van der Waals surface area contributed by atoms with E-state index in [1.807, 2.05) is 0 Å². The van der Waals surface area contributed by atoms with Crippen molar-refractivity contribution in [2.75, 3.05) is 0 Å². The number of aliphatic hydroxyl groups excluding tert-OH is 1. The van der Waals surface area contributed by atoms with Crippen molar-refractivity contribution in [1.82, 2.24) is 9.97 Å². The number of hydrogen-bond acceptors (Lipinski definition) is 3. The molecule has 0 amide bonds. The topological polar surface area (TPSA) is 46.0 Å². The van der Waals surface area contributed by atoms with E-state index in [4.69, 9.17) is 0 Å². The van der Waals surface area contributed by atoms with E-state index in [9.17, 15) is 5.11 Å². The summed E-state index contributed by atoms with van der Waals surface area (Å²) in [5.41, 5.74) is 4.88. The van der Waals surface area contributed by atoms with E-state index in [1.165, 1.54) is 42.3 Å². The third-order valence-corrected chi connectivity index (χ3v) is 3.56. The van der Waals surface area contributed by atoms with Gasteiger partial charge in [-0.3, -0.25) is 0 Å². The Morgan fingerprint density at radius 2 is 1.89 bits per heavy atom. The summed E-state index contributed by atoms with van der Waals surface area (Å²) in [7, 11) is 0. The van der Waals surface area contributed by atoms with Crippen molar-refractivity contribution in [1.29, 1.82) is 0 Å². The Balaban J connectivity index is 1.77. The fourth-order valence-electron chi connectivity index (χ4n) is 2.58. The molecule has 0 saturated carbocycles. The molecule has 0 aliphatic heterocycles. The molecule has 0 spiro atoms. The lowest BCUT2D eigenvalue weighted by Crippen LogP contribution is -2.03. The largest absolute Gasteiger partial charge is 0.388 e. The van der Waals surface area contributed by atoms with Crippen LogP contribution in [-0.4, -0.2) is 15.1 Å². The van der Waals surface area contributed by atoms with Crippen LogP contribution in [0.2, 0.25) is 0 Å². The molecule has 3 rings (SSSR count). The van der Waals surface area contributed by atoms with Gasteiger partial charge in [0, 0.05) is 24.4 Å². The molecular weight excluding hydrogens is 224 g/mol. The Hall–Kier alpha value is -1.74. The predicted octanol–water partition coefficient (Wildman–Crippen LogP) is 2.24. The first kappa shape index (κ1) is 11.4. The number of rotatable bonds is 3. The van der Waals surface area contributed by atoms with Crippen LogP contribution >= 0.6 is 0 Å². The lowest BCUT2D eigenvalue weighted by molar-refractivity contribution is 0.177. The monoisotopic (exact) mass is 240 g/mol. The minimum atomic E-state index is -0.523. The third-order valence-electron chi connectivity index (χ3n) is 3.56. The van der Waals surface area contributed by atoms with Gasteiger partial charge < -0.3 is 5.11 Å². The fraction of sp³-hybridized carbons (Fsp3) is 0.333. The van der Waals surface area contributed by atoms with Gasteiger partial charge in [-0.1, -0.05) is 18.2 Å². The van der Waals surface area contributed by atoms with Gasteiger partial charge >= 0.3 is 0 Å². The van der Waals surface area contributed by atoms with E-state index in [0.717, 1.165) is 5.56 Å². The zero-order valence-electron chi connectivity index (χ0n) is 10.2.